The van der Waals surface area contributed by atoms with Crippen molar-refractivity contribution in [1.82, 2.24) is 0 Å². The van der Waals surface area contributed by atoms with Gasteiger partial charge in [0, 0.05) is 0 Å². The van der Waals surface area contributed by atoms with Crippen LogP contribution in [0.15, 0.2) is 24.3 Å². The van der Waals surface area contributed by atoms with Gasteiger partial charge in [0.1, 0.15) is 11.4 Å². The van der Waals surface area contributed by atoms with E-state index in [0.717, 1.165) is 17.1 Å². The molecule has 24 heavy (non-hydrogen) atoms. The molecule has 1 N–H and O–H groups in total. The van der Waals surface area contributed by atoms with Gasteiger partial charge in [-0.05, 0) is 63.5 Å². The van der Waals surface area contributed by atoms with Gasteiger partial charge in [0.05, 0.1) is 6.10 Å². The normalized spacial score (nSPS) is 14.8. The van der Waals surface area contributed by atoms with Crippen LogP contribution in [0.1, 0.15) is 54.0 Å². The largest absolute Gasteiger partial charge is 0.541 e. The highest BCUT2D eigenvalue weighted by molar-refractivity contribution is 6.74. The third kappa shape index (κ3) is 6.33. The molecule has 1 aromatic rings. The maximum Gasteiger partial charge on any atom is 0.250 e. The van der Waals surface area contributed by atoms with E-state index in [1.54, 1.807) is 13.0 Å². The van der Waals surface area contributed by atoms with Gasteiger partial charge in [-0.3, -0.25) is 0 Å². The minimum Gasteiger partial charge on any atom is -0.541 e. The summed E-state index contributed by atoms with van der Waals surface area (Å²) in [5.41, 5.74) is 0.677. The van der Waals surface area contributed by atoms with Gasteiger partial charge in [-0.2, -0.15) is 0 Å². The van der Waals surface area contributed by atoms with Gasteiger partial charge in [-0.15, -0.1) is 0 Å². The summed E-state index contributed by atoms with van der Waals surface area (Å²) in [6.07, 6.45) is 3.18. The van der Waals surface area contributed by atoms with E-state index in [9.17, 15) is 5.11 Å². The predicted octanol–water partition coefficient (Wildman–Crippen LogP) is 5.64. The highest BCUT2D eigenvalue weighted by Crippen LogP contribution is 2.41. The van der Waals surface area contributed by atoms with Crippen molar-refractivity contribution in [3.8, 4) is 11.5 Å². The molecule has 0 aliphatic heterocycles. The van der Waals surface area contributed by atoms with Crippen LogP contribution in [-0.2, 0) is 0 Å². The molecule has 1 unspecified atom stereocenters. The van der Waals surface area contributed by atoms with Gasteiger partial charge < -0.3 is 14.3 Å². The number of ether oxygens (including phenoxy) is 1. The molecule has 4 heteroatoms. The summed E-state index contributed by atoms with van der Waals surface area (Å²) in [7, 11) is -1.94. The summed E-state index contributed by atoms with van der Waals surface area (Å²) >= 11 is 0. The summed E-state index contributed by atoms with van der Waals surface area (Å²) in [5.74, 6) is 1.55. The highest BCUT2D eigenvalue weighted by Gasteiger charge is 2.39. The zero-order chi connectivity index (χ0) is 18.8. The van der Waals surface area contributed by atoms with Gasteiger partial charge >= 0.3 is 0 Å². The maximum absolute atomic E-state index is 9.43. The molecule has 3 nitrogen and oxygen atoms in total. The summed E-state index contributed by atoms with van der Waals surface area (Å²) < 4.78 is 12.6. The fourth-order valence-corrected chi connectivity index (χ4v) is 2.83. The minimum absolute atomic E-state index is 0.122. The van der Waals surface area contributed by atoms with E-state index < -0.39 is 14.4 Å². The fourth-order valence-electron chi connectivity index (χ4n) is 1.80. The highest BCUT2D eigenvalue weighted by atomic mass is 28.4. The third-order valence-corrected chi connectivity index (χ3v) is 8.46. The lowest BCUT2D eigenvalue weighted by molar-refractivity contribution is 0.127. The van der Waals surface area contributed by atoms with Crippen LogP contribution >= 0.6 is 0 Å². The Bertz CT molecular complexity index is 576. The molecule has 136 valence electrons. The Morgan fingerprint density at radius 3 is 2.08 bits per heavy atom. The van der Waals surface area contributed by atoms with Crippen LogP contribution in [0.25, 0.3) is 6.08 Å². The van der Waals surface area contributed by atoms with Gasteiger partial charge in [0.2, 0.25) is 0 Å². The number of aliphatic hydroxyl groups is 1. The molecule has 0 heterocycles. The summed E-state index contributed by atoms with van der Waals surface area (Å²) in [5, 5.41) is 9.55. The molecule has 0 saturated carbocycles. The second-order valence-corrected chi connectivity index (χ2v) is 13.6. The standard InChI is InChI=1S/C20H34O3Si/c1-15(21)10-11-16-12-13-17(18(14-16)22-19(2,3)4)23-24(8,9)20(5,6)7/h10-15,21H,1-9H3/b11-10+. The summed E-state index contributed by atoms with van der Waals surface area (Å²) in [6.45, 7) is 19.0. The fraction of sp³-hybridized carbons (Fsp3) is 0.600. The van der Waals surface area contributed by atoms with Gasteiger partial charge in [-0.1, -0.05) is 39.0 Å². The zero-order valence-electron chi connectivity index (χ0n) is 16.7. The Hall–Kier alpha value is -1.26. The number of hydrogen-bond donors (Lipinski definition) is 1. The molecule has 0 saturated heterocycles. The van der Waals surface area contributed by atoms with Crippen molar-refractivity contribution in [2.75, 3.05) is 0 Å². The first kappa shape index (κ1) is 20.8. The Labute approximate surface area is 148 Å². The first-order valence-electron chi connectivity index (χ1n) is 8.60. The Kier molecular flexibility index (Phi) is 6.34. The van der Waals surface area contributed by atoms with Crippen LogP contribution in [0.3, 0.4) is 0 Å². The van der Waals surface area contributed by atoms with E-state index in [1.807, 2.05) is 45.0 Å². The van der Waals surface area contributed by atoms with Crippen LogP contribution in [0.5, 0.6) is 11.5 Å². The Morgan fingerprint density at radius 1 is 1.04 bits per heavy atom. The smallest absolute Gasteiger partial charge is 0.250 e. The number of hydrogen-bond acceptors (Lipinski definition) is 3. The van der Waals surface area contributed by atoms with Crippen LogP contribution in [0.4, 0.5) is 0 Å². The molecule has 0 aliphatic carbocycles. The molecule has 0 spiro atoms. The molecular formula is C20H34O3Si. The van der Waals surface area contributed by atoms with E-state index >= 15 is 0 Å². The SMILES string of the molecule is CC(O)/C=C/c1ccc(O[Si](C)(C)C(C)(C)C)c(OC(C)(C)C)c1. The first-order valence-corrected chi connectivity index (χ1v) is 11.5. The molecule has 0 radical (unpaired) electrons. The van der Waals surface area contributed by atoms with Crippen molar-refractivity contribution < 1.29 is 14.3 Å². The van der Waals surface area contributed by atoms with Gasteiger partial charge in [0.15, 0.2) is 5.75 Å². The lowest BCUT2D eigenvalue weighted by Gasteiger charge is -2.37. The third-order valence-electron chi connectivity index (χ3n) is 4.12. The second-order valence-electron chi connectivity index (χ2n) is 8.88. The van der Waals surface area contributed by atoms with E-state index in [2.05, 4.69) is 33.9 Å². The number of aliphatic hydroxyl groups excluding tert-OH is 1. The van der Waals surface area contributed by atoms with E-state index in [0.29, 0.717) is 0 Å². The van der Waals surface area contributed by atoms with Crippen molar-refractivity contribution in [3.63, 3.8) is 0 Å². The average molecular weight is 351 g/mol. The van der Waals surface area contributed by atoms with Crippen molar-refractivity contribution in [1.29, 1.82) is 0 Å². The van der Waals surface area contributed by atoms with Crippen LogP contribution in [-0.4, -0.2) is 25.1 Å². The summed E-state index contributed by atoms with van der Waals surface area (Å²) in [6, 6.07) is 5.95. The van der Waals surface area contributed by atoms with Crippen molar-refractivity contribution in [3.05, 3.63) is 29.8 Å². The number of rotatable bonds is 5. The van der Waals surface area contributed by atoms with Gasteiger partial charge in [-0.25, -0.2) is 0 Å². The molecule has 0 amide bonds. The maximum atomic E-state index is 9.43. The monoisotopic (exact) mass is 350 g/mol. The van der Waals surface area contributed by atoms with Crippen molar-refractivity contribution >= 4 is 14.4 Å². The minimum atomic E-state index is -1.94. The Morgan fingerprint density at radius 2 is 1.62 bits per heavy atom. The van der Waals surface area contributed by atoms with Crippen LogP contribution in [0, 0.1) is 0 Å². The van der Waals surface area contributed by atoms with Crippen LogP contribution in [0.2, 0.25) is 18.1 Å². The molecule has 1 aromatic carbocycles. The van der Waals surface area contributed by atoms with Gasteiger partial charge in [0.25, 0.3) is 8.32 Å². The molecule has 0 aliphatic rings. The van der Waals surface area contributed by atoms with Crippen LogP contribution < -0.4 is 9.16 Å². The molecule has 1 atom stereocenters. The van der Waals surface area contributed by atoms with Crippen molar-refractivity contribution in [2.24, 2.45) is 0 Å². The number of benzene rings is 1. The lowest BCUT2D eigenvalue weighted by atomic mass is 10.1. The van der Waals surface area contributed by atoms with Crippen molar-refractivity contribution in [2.45, 2.75) is 78.3 Å². The zero-order valence-corrected chi connectivity index (χ0v) is 17.7. The predicted molar refractivity (Wildman–Crippen MR) is 105 cm³/mol. The van der Waals surface area contributed by atoms with E-state index in [1.165, 1.54) is 0 Å². The Balaban J connectivity index is 3.23. The molecule has 0 bridgehead atoms. The molecular weight excluding hydrogens is 316 g/mol. The van der Waals surface area contributed by atoms with E-state index in [4.69, 9.17) is 9.16 Å². The topological polar surface area (TPSA) is 38.7 Å². The lowest BCUT2D eigenvalue weighted by Crippen LogP contribution is -2.44. The molecule has 0 fully saturated rings. The summed E-state index contributed by atoms with van der Waals surface area (Å²) in [4.78, 5) is 0. The molecule has 0 aromatic heterocycles. The molecule has 1 rings (SSSR count). The van der Waals surface area contributed by atoms with E-state index in [-0.39, 0.29) is 10.6 Å². The first-order chi connectivity index (χ1) is 10.7. The second kappa shape index (κ2) is 7.32. The average Bonchev–Trinajstić information content (AvgIpc) is 2.35. The quantitative estimate of drug-likeness (QED) is 0.698.